The van der Waals surface area contributed by atoms with Crippen molar-refractivity contribution in [1.82, 2.24) is 9.97 Å². The number of hydrogen-bond donors (Lipinski definition) is 1. The lowest BCUT2D eigenvalue weighted by Gasteiger charge is -2.37. The molecule has 0 aliphatic carbocycles. The lowest BCUT2D eigenvalue weighted by molar-refractivity contribution is 0.516. The van der Waals surface area contributed by atoms with E-state index in [4.69, 9.17) is 5.73 Å². The van der Waals surface area contributed by atoms with E-state index in [1.807, 2.05) is 0 Å². The van der Waals surface area contributed by atoms with E-state index < -0.39 is 0 Å². The molecular weight excluding hydrogens is 208 g/mol. The Bertz CT molecular complexity index is 501. The summed E-state index contributed by atoms with van der Waals surface area (Å²) in [6.07, 6.45) is 1.64. The fourth-order valence-electron chi connectivity index (χ4n) is 1.87. The smallest absolute Gasteiger partial charge is 0.150 e. The van der Waals surface area contributed by atoms with Gasteiger partial charge in [0, 0.05) is 19.1 Å². The van der Waals surface area contributed by atoms with Gasteiger partial charge in [0.25, 0.3) is 0 Å². The molecule has 0 bridgehead atoms. The van der Waals surface area contributed by atoms with Crippen molar-refractivity contribution in [1.29, 1.82) is 0 Å². The van der Waals surface area contributed by atoms with Crippen LogP contribution in [0.3, 0.4) is 0 Å². The molecule has 1 aliphatic heterocycles. The van der Waals surface area contributed by atoms with Crippen LogP contribution < -0.4 is 10.6 Å². The third-order valence-electron chi connectivity index (χ3n) is 2.72. The molecule has 0 atom stereocenters. The molecule has 0 spiro atoms. The molecule has 4 nitrogen and oxygen atoms in total. The highest BCUT2D eigenvalue weighted by molar-refractivity contribution is 7.18. The standard InChI is InChI=1S/C10H12N4S/c1-6-4-15-9-8(6)12-5-13-10(9)14-2-7(11)3-14/h4-5,7H,2-3,11H2,1H3. The Morgan fingerprint density at radius 2 is 2.27 bits per heavy atom. The minimum atomic E-state index is 0.302. The van der Waals surface area contributed by atoms with Gasteiger partial charge in [0.2, 0.25) is 0 Å². The molecular formula is C10H12N4S. The van der Waals surface area contributed by atoms with Crippen molar-refractivity contribution in [2.75, 3.05) is 18.0 Å². The van der Waals surface area contributed by atoms with Gasteiger partial charge in [-0.05, 0) is 17.9 Å². The fraction of sp³-hybridized carbons (Fsp3) is 0.400. The summed E-state index contributed by atoms with van der Waals surface area (Å²) < 4.78 is 1.18. The van der Waals surface area contributed by atoms with Crippen molar-refractivity contribution in [3.05, 3.63) is 17.3 Å². The van der Waals surface area contributed by atoms with Gasteiger partial charge in [-0.1, -0.05) is 0 Å². The van der Waals surface area contributed by atoms with E-state index in [1.165, 1.54) is 10.3 Å². The molecule has 2 N–H and O–H groups in total. The molecule has 78 valence electrons. The molecule has 0 amide bonds. The quantitative estimate of drug-likeness (QED) is 0.783. The zero-order chi connectivity index (χ0) is 10.4. The van der Waals surface area contributed by atoms with Gasteiger partial charge in [0.15, 0.2) is 0 Å². The van der Waals surface area contributed by atoms with Crippen LogP contribution in [0.25, 0.3) is 10.2 Å². The Balaban J connectivity index is 2.10. The zero-order valence-corrected chi connectivity index (χ0v) is 9.29. The number of fused-ring (bicyclic) bond motifs is 1. The minimum absolute atomic E-state index is 0.302. The maximum atomic E-state index is 5.77. The first-order valence-electron chi connectivity index (χ1n) is 4.95. The van der Waals surface area contributed by atoms with Crippen molar-refractivity contribution in [2.45, 2.75) is 13.0 Å². The average molecular weight is 220 g/mol. The molecule has 1 fully saturated rings. The lowest BCUT2D eigenvalue weighted by atomic mass is 10.1. The van der Waals surface area contributed by atoms with E-state index in [0.29, 0.717) is 6.04 Å². The first-order chi connectivity index (χ1) is 7.25. The Morgan fingerprint density at radius 1 is 1.47 bits per heavy atom. The third-order valence-corrected chi connectivity index (χ3v) is 3.80. The fourth-order valence-corrected chi connectivity index (χ4v) is 2.89. The number of anilines is 1. The van der Waals surface area contributed by atoms with E-state index in [9.17, 15) is 0 Å². The molecule has 0 radical (unpaired) electrons. The Hall–Kier alpha value is -1.20. The molecule has 0 saturated carbocycles. The van der Waals surface area contributed by atoms with Gasteiger partial charge in [-0.25, -0.2) is 9.97 Å². The number of nitrogens with two attached hydrogens (primary N) is 1. The molecule has 1 aliphatic rings. The second kappa shape index (κ2) is 3.15. The van der Waals surface area contributed by atoms with E-state index in [2.05, 4.69) is 27.2 Å². The Labute approximate surface area is 91.7 Å². The highest BCUT2D eigenvalue weighted by Gasteiger charge is 2.26. The summed E-state index contributed by atoms with van der Waals surface area (Å²) in [5.74, 6) is 1.04. The van der Waals surface area contributed by atoms with E-state index in [-0.39, 0.29) is 0 Å². The van der Waals surface area contributed by atoms with Crippen molar-refractivity contribution in [2.24, 2.45) is 5.73 Å². The topological polar surface area (TPSA) is 55.0 Å². The molecule has 3 heterocycles. The summed E-state index contributed by atoms with van der Waals surface area (Å²) in [6, 6.07) is 0.302. The summed E-state index contributed by atoms with van der Waals surface area (Å²) in [5.41, 5.74) is 8.07. The number of thiophene rings is 1. The summed E-state index contributed by atoms with van der Waals surface area (Å²) in [7, 11) is 0. The highest BCUT2D eigenvalue weighted by atomic mass is 32.1. The monoisotopic (exact) mass is 220 g/mol. The molecule has 5 heteroatoms. The summed E-state index contributed by atoms with van der Waals surface area (Å²) in [6.45, 7) is 3.89. The molecule has 3 rings (SSSR count). The Morgan fingerprint density at radius 3 is 3.00 bits per heavy atom. The van der Waals surface area contributed by atoms with Gasteiger partial charge in [0.1, 0.15) is 12.1 Å². The summed E-state index contributed by atoms with van der Waals surface area (Å²) in [5, 5.41) is 2.13. The molecule has 1 saturated heterocycles. The maximum absolute atomic E-state index is 5.77. The predicted molar refractivity (Wildman–Crippen MR) is 62.3 cm³/mol. The second-order valence-electron chi connectivity index (χ2n) is 3.96. The van der Waals surface area contributed by atoms with Gasteiger partial charge >= 0.3 is 0 Å². The van der Waals surface area contributed by atoms with E-state index in [1.54, 1.807) is 17.7 Å². The number of hydrogen-bond acceptors (Lipinski definition) is 5. The number of aromatic nitrogens is 2. The molecule has 0 aromatic carbocycles. The molecule has 2 aromatic rings. The Kier molecular flexibility index (Phi) is 1.90. The van der Waals surface area contributed by atoms with Crippen LogP contribution in [0.1, 0.15) is 5.56 Å². The lowest BCUT2D eigenvalue weighted by Crippen LogP contribution is -2.56. The van der Waals surface area contributed by atoms with Crippen LogP contribution in [0.15, 0.2) is 11.7 Å². The van der Waals surface area contributed by atoms with Gasteiger partial charge in [-0.15, -0.1) is 11.3 Å². The van der Waals surface area contributed by atoms with Crippen LogP contribution in [-0.2, 0) is 0 Å². The highest BCUT2D eigenvalue weighted by Crippen LogP contribution is 2.32. The van der Waals surface area contributed by atoms with Crippen molar-refractivity contribution in [3.63, 3.8) is 0 Å². The van der Waals surface area contributed by atoms with Crippen LogP contribution >= 0.6 is 11.3 Å². The number of rotatable bonds is 1. The van der Waals surface area contributed by atoms with Gasteiger partial charge in [-0.2, -0.15) is 0 Å². The van der Waals surface area contributed by atoms with Crippen LogP contribution in [0, 0.1) is 6.92 Å². The SMILES string of the molecule is Cc1csc2c(N3CC(N)C3)ncnc12. The number of aryl methyl sites for hydroxylation is 1. The average Bonchev–Trinajstić information content (AvgIpc) is 2.56. The van der Waals surface area contributed by atoms with Gasteiger partial charge in [0.05, 0.1) is 10.2 Å². The van der Waals surface area contributed by atoms with Crippen molar-refractivity contribution in [3.8, 4) is 0 Å². The second-order valence-corrected chi connectivity index (χ2v) is 4.84. The van der Waals surface area contributed by atoms with E-state index in [0.717, 1.165) is 24.4 Å². The van der Waals surface area contributed by atoms with Crippen molar-refractivity contribution < 1.29 is 0 Å². The molecule has 2 aromatic heterocycles. The first-order valence-corrected chi connectivity index (χ1v) is 5.83. The van der Waals surface area contributed by atoms with Crippen LogP contribution in [-0.4, -0.2) is 29.1 Å². The van der Waals surface area contributed by atoms with Gasteiger partial charge in [-0.3, -0.25) is 0 Å². The minimum Gasteiger partial charge on any atom is -0.352 e. The van der Waals surface area contributed by atoms with Crippen molar-refractivity contribution >= 4 is 27.4 Å². The van der Waals surface area contributed by atoms with Gasteiger partial charge < -0.3 is 10.6 Å². The molecule has 0 unspecified atom stereocenters. The number of nitrogens with zero attached hydrogens (tertiary/aromatic N) is 3. The van der Waals surface area contributed by atoms with Crippen LogP contribution in [0.5, 0.6) is 0 Å². The summed E-state index contributed by atoms with van der Waals surface area (Å²) in [4.78, 5) is 10.9. The van der Waals surface area contributed by atoms with E-state index >= 15 is 0 Å². The summed E-state index contributed by atoms with van der Waals surface area (Å²) >= 11 is 1.71. The zero-order valence-electron chi connectivity index (χ0n) is 8.47. The van der Waals surface area contributed by atoms with Crippen LogP contribution in [0.4, 0.5) is 5.82 Å². The maximum Gasteiger partial charge on any atom is 0.150 e. The first kappa shape index (κ1) is 9.06. The third kappa shape index (κ3) is 1.31. The normalized spacial score (nSPS) is 17.1. The van der Waals surface area contributed by atoms with Crippen LogP contribution in [0.2, 0.25) is 0 Å². The largest absolute Gasteiger partial charge is 0.352 e. The molecule has 15 heavy (non-hydrogen) atoms. The predicted octanol–water partition coefficient (Wildman–Crippen LogP) is 1.15.